The van der Waals surface area contributed by atoms with Crippen LogP contribution in [0.3, 0.4) is 0 Å². The summed E-state index contributed by atoms with van der Waals surface area (Å²) in [5, 5.41) is 6.52. The monoisotopic (exact) mass is 488 g/mol. The SMILES string of the molecule is O=C(N[C@@H]1CCC[C@H](Nc2cc(C(F)(F)F)nc3ccc(F)cc23)C1)c1cccc2ncsc12. The molecule has 0 saturated heterocycles. The predicted octanol–water partition coefficient (Wildman–Crippen LogP) is 6.16. The van der Waals surface area contributed by atoms with E-state index in [1.807, 2.05) is 6.07 Å². The molecule has 2 aromatic carbocycles. The number of hydrogen-bond acceptors (Lipinski definition) is 5. The average molecular weight is 489 g/mol. The molecule has 5 rings (SSSR count). The predicted molar refractivity (Wildman–Crippen MR) is 123 cm³/mol. The molecule has 0 radical (unpaired) electrons. The van der Waals surface area contributed by atoms with Gasteiger partial charge in [-0.1, -0.05) is 6.07 Å². The van der Waals surface area contributed by atoms with E-state index in [-0.39, 0.29) is 34.6 Å². The van der Waals surface area contributed by atoms with Crippen LogP contribution in [0.5, 0.6) is 0 Å². The van der Waals surface area contributed by atoms with Crippen LogP contribution < -0.4 is 10.6 Å². The van der Waals surface area contributed by atoms with Gasteiger partial charge in [0.1, 0.15) is 11.5 Å². The number of thiazole rings is 1. The summed E-state index contributed by atoms with van der Waals surface area (Å²) in [5.74, 6) is -0.751. The molecule has 34 heavy (non-hydrogen) atoms. The number of benzene rings is 2. The molecular formula is C24H20F4N4OS. The smallest absolute Gasteiger partial charge is 0.382 e. The molecule has 10 heteroatoms. The van der Waals surface area contributed by atoms with Gasteiger partial charge in [-0.25, -0.2) is 14.4 Å². The Morgan fingerprint density at radius 1 is 1.06 bits per heavy atom. The number of amides is 1. The first kappa shape index (κ1) is 22.5. The van der Waals surface area contributed by atoms with E-state index < -0.39 is 17.7 Å². The van der Waals surface area contributed by atoms with Gasteiger partial charge in [-0.05, 0) is 62.1 Å². The molecule has 1 aliphatic rings. The molecule has 2 heterocycles. The van der Waals surface area contributed by atoms with E-state index in [1.165, 1.54) is 23.5 Å². The third kappa shape index (κ3) is 4.54. The molecule has 2 N–H and O–H groups in total. The van der Waals surface area contributed by atoms with Crippen LogP contribution in [0.4, 0.5) is 23.2 Å². The van der Waals surface area contributed by atoms with Crippen LogP contribution in [0, 0.1) is 5.82 Å². The Morgan fingerprint density at radius 3 is 2.71 bits per heavy atom. The zero-order valence-corrected chi connectivity index (χ0v) is 18.6. The molecule has 5 nitrogen and oxygen atoms in total. The number of nitrogens with one attached hydrogen (secondary N) is 2. The molecular weight excluding hydrogens is 468 g/mol. The third-order valence-electron chi connectivity index (χ3n) is 6.03. The van der Waals surface area contributed by atoms with Crippen LogP contribution in [-0.2, 0) is 6.18 Å². The second kappa shape index (κ2) is 8.83. The number of pyridine rings is 1. The molecule has 1 fully saturated rings. The minimum atomic E-state index is -4.63. The number of nitrogens with zero attached hydrogens (tertiary/aromatic N) is 2. The molecule has 1 amide bonds. The lowest BCUT2D eigenvalue weighted by Crippen LogP contribution is -2.41. The molecule has 2 aromatic heterocycles. The van der Waals surface area contributed by atoms with Gasteiger partial charge in [-0.3, -0.25) is 4.79 Å². The van der Waals surface area contributed by atoms with Crippen molar-refractivity contribution in [1.82, 2.24) is 15.3 Å². The summed E-state index contributed by atoms with van der Waals surface area (Å²) in [7, 11) is 0. The van der Waals surface area contributed by atoms with Gasteiger partial charge < -0.3 is 10.6 Å². The van der Waals surface area contributed by atoms with E-state index in [1.54, 1.807) is 17.6 Å². The maximum Gasteiger partial charge on any atom is 0.433 e. The summed E-state index contributed by atoms with van der Waals surface area (Å²) in [6.07, 6.45) is -1.82. The summed E-state index contributed by atoms with van der Waals surface area (Å²) in [6.45, 7) is 0. The van der Waals surface area contributed by atoms with Gasteiger partial charge in [-0.15, -0.1) is 11.3 Å². The average Bonchev–Trinajstić information content (AvgIpc) is 3.28. The zero-order chi connectivity index (χ0) is 23.9. The lowest BCUT2D eigenvalue weighted by molar-refractivity contribution is -0.140. The van der Waals surface area contributed by atoms with E-state index >= 15 is 0 Å². The Balaban J connectivity index is 1.36. The number of carbonyl (C=O) groups excluding carboxylic acids is 1. The van der Waals surface area contributed by atoms with Crippen molar-refractivity contribution in [2.45, 2.75) is 43.9 Å². The highest BCUT2D eigenvalue weighted by Crippen LogP contribution is 2.35. The number of hydrogen-bond donors (Lipinski definition) is 2. The minimum Gasteiger partial charge on any atom is -0.382 e. The number of alkyl halides is 3. The normalized spacial score (nSPS) is 18.8. The van der Waals surface area contributed by atoms with Crippen molar-refractivity contribution in [2.75, 3.05) is 5.32 Å². The number of rotatable bonds is 4. The van der Waals surface area contributed by atoms with E-state index in [4.69, 9.17) is 0 Å². The number of anilines is 1. The van der Waals surface area contributed by atoms with Crippen LogP contribution >= 0.6 is 11.3 Å². The van der Waals surface area contributed by atoms with E-state index in [0.717, 1.165) is 41.6 Å². The molecule has 176 valence electrons. The first-order chi connectivity index (χ1) is 16.3. The molecule has 0 unspecified atom stereocenters. The van der Waals surface area contributed by atoms with Crippen LogP contribution in [-0.4, -0.2) is 28.0 Å². The van der Waals surface area contributed by atoms with Gasteiger partial charge >= 0.3 is 6.18 Å². The second-order valence-electron chi connectivity index (χ2n) is 8.40. The Hall–Kier alpha value is -3.27. The van der Waals surface area contributed by atoms with E-state index in [0.29, 0.717) is 12.0 Å². The number of aromatic nitrogens is 2. The second-order valence-corrected chi connectivity index (χ2v) is 9.25. The summed E-state index contributed by atoms with van der Waals surface area (Å²) >= 11 is 1.40. The fourth-order valence-corrected chi connectivity index (χ4v) is 5.26. The zero-order valence-electron chi connectivity index (χ0n) is 17.8. The van der Waals surface area contributed by atoms with Crippen molar-refractivity contribution in [3.63, 3.8) is 0 Å². The lowest BCUT2D eigenvalue weighted by Gasteiger charge is -2.31. The van der Waals surface area contributed by atoms with E-state index in [9.17, 15) is 22.4 Å². The van der Waals surface area contributed by atoms with Crippen molar-refractivity contribution in [1.29, 1.82) is 0 Å². The topological polar surface area (TPSA) is 66.9 Å². The highest BCUT2D eigenvalue weighted by molar-refractivity contribution is 7.17. The first-order valence-corrected chi connectivity index (χ1v) is 11.7. The highest BCUT2D eigenvalue weighted by atomic mass is 32.1. The van der Waals surface area contributed by atoms with Gasteiger partial charge in [0.2, 0.25) is 0 Å². The standard InChI is InChI=1S/C24H20F4N4OS/c25-13-7-8-18-17(9-13)20(11-21(32-18)24(26,27)28)30-14-3-1-4-15(10-14)31-23(33)16-5-2-6-19-22(16)34-12-29-19/h2,5-9,11-12,14-15H,1,3-4,10H2,(H,30,32)(H,31,33)/t14-,15+/m0/s1. The maximum absolute atomic E-state index is 13.9. The molecule has 1 saturated carbocycles. The van der Waals surface area contributed by atoms with Crippen molar-refractivity contribution in [3.05, 3.63) is 65.0 Å². The van der Waals surface area contributed by atoms with Crippen LogP contribution in [0.25, 0.3) is 21.1 Å². The van der Waals surface area contributed by atoms with Gasteiger partial charge in [0.25, 0.3) is 5.91 Å². The van der Waals surface area contributed by atoms with Gasteiger partial charge in [0.15, 0.2) is 0 Å². The van der Waals surface area contributed by atoms with Crippen molar-refractivity contribution < 1.29 is 22.4 Å². The van der Waals surface area contributed by atoms with Crippen molar-refractivity contribution >= 4 is 44.1 Å². The minimum absolute atomic E-state index is 0.0667. The Kier molecular flexibility index (Phi) is 5.85. The van der Waals surface area contributed by atoms with E-state index in [2.05, 4.69) is 20.6 Å². The van der Waals surface area contributed by atoms with Gasteiger partial charge in [0, 0.05) is 23.2 Å². The number of carbonyl (C=O) groups is 1. The molecule has 0 bridgehead atoms. The lowest BCUT2D eigenvalue weighted by atomic mass is 9.90. The first-order valence-electron chi connectivity index (χ1n) is 10.8. The van der Waals surface area contributed by atoms with Crippen LogP contribution in [0.15, 0.2) is 48.0 Å². The quantitative estimate of drug-likeness (QED) is 0.338. The molecule has 4 aromatic rings. The summed E-state index contributed by atoms with van der Waals surface area (Å²) < 4.78 is 54.8. The van der Waals surface area contributed by atoms with Crippen molar-refractivity contribution in [2.24, 2.45) is 0 Å². The molecule has 1 aliphatic carbocycles. The summed E-state index contributed by atoms with van der Waals surface area (Å²) in [5.41, 5.74) is 2.23. The van der Waals surface area contributed by atoms with Crippen molar-refractivity contribution in [3.8, 4) is 0 Å². The Bertz CT molecular complexity index is 1370. The fourth-order valence-electron chi connectivity index (χ4n) is 4.46. The summed E-state index contributed by atoms with van der Waals surface area (Å²) in [4.78, 5) is 20.8. The van der Waals surface area contributed by atoms with Crippen LogP contribution in [0.1, 0.15) is 41.7 Å². The maximum atomic E-state index is 13.9. The largest absolute Gasteiger partial charge is 0.433 e. The molecule has 0 aliphatic heterocycles. The summed E-state index contributed by atoms with van der Waals surface area (Å²) in [6, 6.07) is 9.50. The van der Waals surface area contributed by atoms with Crippen LogP contribution in [0.2, 0.25) is 0 Å². The van der Waals surface area contributed by atoms with Gasteiger partial charge in [-0.2, -0.15) is 13.2 Å². The number of halogens is 4. The fraction of sp³-hybridized carbons (Fsp3) is 0.292. The Morgan fingerprint density at radius 2 is 1.88 bits per heavy atom. The molecule has 0 spiro atoms. The highest BCUT2D eigenvalue weighted by Gasteiger charge is 2.34. The Labute approximate surface area is 196 Å². The van der Waals surface area contributed by atoms with Gasteiger partial charge in [0.05, 0.1) is 26.8 Å². The molecule has 2 atom stereocenters. The number of fused-ring (bicyclic) bond motifs is 2. The third-order valence-corrected chi connectivity index (χ3v) is 6.91.